The van der Waals surface area contributed by atoms with Gasteiger partial charge in [0.15, 0.2) is 0 Å². The summed E-state index contributed by atoms with van der Waals surface area (Å²) in [6, 6.07) is 5.11. The van der Waals surface area contributed by atoms with Crippen molar-refractivity contribution in [3.8, 4) is 0 Å². The van der Waals surface area contributed by atoms with Crippen molar-refractivity contribution in [1.82, 2.24) is 4.90 Å². The van der Waals surface area contributed by atoms with Crippen molar-refractivity contribution < 1.29 is 9.90 Å². The van der Waals surface area contributed by atoms with E-state index in [1.54, 1.807) is 0 Å². The summed E-state index contributed by atoms with van der Waals surface area (Å²) < 4.78 is 0. The minimum atomic E-state index is -0.962. The van der Waals surface area contributed by atoms with E-state index in [1.165, 1.54) is 24.0 Å². The van der Waals surface area contributed by atoms with Crippen molar-refractivity contribution >= 4 is 5.97 Å². The van der Waals surface area contributed by atoms with Gasteiger partial charge < -0.3 is 15.7 Å². The van der Waals surface area contributed by atoms with E-state index in [4.69, 9.17) is 10.8 Å². The first-order valence-electron chi connectivity index (χ1n) is 6.77. The Kier molecular flexibility index (Phi) is 4.22. The lowest BCUT2D eigenvalue weighted by Gasteiger charge is -2.29. The fourth-order valence-corrected chi connectivity index (χ4v) is 2.90. The normalized spacial score (nSPS) is 17.9. The smallest absolute Gasteiger partial charge is 0.322 e. The number of carbonyl (C=O) groups is 1. The summed E-state index contributed by atoms with van der Waals surface area (Å²) in [5, 5.41) is 9.15. The molecule has 0 aliphatic heterocycles. The number of likely N-dealkylation sites (N-methyl/N-ethyl adjacent to an activating group) is 1. The first-order valence-corrected chi connectivity index (χ1v) is 6.77. The highest BCUT2D eigenvalue weighted by atomic mass is 16.4. The van der Waals surface area contributed by atoms with E-state index >= 15 is 0 Å². The van der Waals surface area contributed by atoms with Crippen molar-refractivity contribution in [3.63, 3.8) is 0 Å². The topological polar surface area (TPSA) is 66.6 Å². The van der Waals surface area contributed by atoms with Crippen LogP contribution in [0.1, 0.15) is 35.6 Å². The molecule has 0 heterocycles. The molecule has 1 aromatic rings. The zero-order valence-corrected chi connectivity index (χ0v) is 11.6. The molecule has 0 amide bonds. The number of aliphatic carboxylic acids is 1. The molecule has 1 aliphatic carbocycles. The highest BCUT2D eigenvalue weighted by molar-refractivity contribution is 5.74. The van der Waals surface area contributed by atoms with E-state index in [0.717, 1.165) is 18.4 Å². The average molecular weight is 262 g/mol. The lowest BCUT2D eigenvalue weighted by molar-refractivity contribution is -0.140. The molecule has 0 radical (unpaired) electrons. The first-order chi connectivity index (χ1) is 9.00. The first kappa shape index (κ1) is 14.0. The highest BCUT2D eigenvalue weighted by Gasteiger charge is 2.28. The second kappa shape index (κ2) is 5.72. The summed E-state index contributed by atoms with van der Waals surface area (Å²) in [5.41, 5.74) is 9.58. The molecular weight excluding hydrogens is 240 g/mol. The third kappa shape index (κ3) is 2.96. The van der Waals surface area contributed by atoms with Crippen molar-refractivity contribution in [2.24, 2.45) is 5.73 Å². The van der Waals surface area contributed by atoms with Crippen LogP contribution in [0.5, 0.6) is 0 Å². The Morgan fingerprint density at radius 1 is 1.26 bits per heavy atom. The molecular formula is C15H22N2O2. The van der Waals surface area contributed by atoms with Crippen molar-refractivity contribution in [2.75, 3.05) is 14.1 Å². The van der Waals surface area contributed by atoms with Crippen molar-refractivity contribution in [2.45, 2.75) is 37.8 Å². The minimum absolute atomic E-state index is 0.287. The van der Waals surface area contributed by atoms with Crippen LogP contribution in [-0.4, -0.2) is 36.1 Å². The zero-order chi connectivity index (χ0) is 14.0. The third-order valence-electron chi connectivity index (χ3n) is 3.90. The van der Waals surface area contributed by atoms with Gasteiger partial charge in [-0.15, -0.1) is 0 Å². The van der Waals surface area contributed by atoms with Crippen LogP contribution in [-0.2, 0) is 17.6 Å². The summed E-state index contributed by atoms with van der Waals surface area (Å²) in [6.45, 7) is 0. The number of rotatable bonds is 4. The predicted molar refractivity (Wildman–Crippen MR) is 75.1 cm³/mol. The van der Waals surface area contributed by atoms with E-state index in [0.29, 0.717) is 0 Å². The Labute approximate surface area is 114 Å². The number of nitrogens with zero attached hydrogens (tertiary/aromatic N) is 1. The number of nitrogens with two attached hydrogens (primary N) is 1. The van der Waals surface area contributed by atoms with Gasteiger partial charge >= 0.3 is 5.97 Å². The van der Waals surface area contributed by atoms with Gasteiger partial charge in [0.1, 0.15) is 6.04 Å². The number of hydrogen-bond donors (Lipinski definition) is 2. The van der Waals surface area contributed by atoms with E-state index in [9.17, 15) is 4.79 Å². The number of benzene rings is 1. The largest absolute Gasteiger partial charge is 0.480 e. The minimum Gasteiger partial charge on any atom is -0.480 e. The van der Waals surface area contributed by atoms with Gasteiger partial charge in [0.05, 0.1) is 6.04 Å². The predicted octanol–water partition coefficient (Wildman–Crippen LogP) is 1.58. The van der Waals surface area contributed by atoms with Gasteiger partial charge in [-0.05, 0) is 56.5 Å². The summed E-state index contributed by atoms with van der Waals surface area (Å²) in [4.78, 5) is 13.0. The van der Waals surface area contributed by atoms with Crippen LogP contribution >= 0.6 is 0 Å². The Bertz CT molecular complexity index is 471. The highest BCUT2D eigenvalue weighted by Crippen LogP contribution is 2.27. The third-order valence-corrected chi connectivity index (χ3v) is 3.90. The fraction of sp³-hybridized carbons (Fsp3) is 0.533. The summed E-state index contributed by atoms with van der Waals surface area (Å²) in [5.74, 6) is -0.962. The molecule has 0 aromatic heterocycles. The average Bonchev–Trinajstić information content (AvgIpc) is 2.38. The molecule has 0 spiro atoms. The number of carboxylic acids is 1. The Balaban J connectivity index is 2.34. The number of fused-ring (bicyclic) bond motifs is 1. The van der Waals surface area contributed by atoms with E-state index < -0.39 is 12.0 Å². The van der Waals surface area contributed by atoms with Crippen LogP contribution in [0.25, 0.3) is 0 Å². The van der Waals surface area contributed by atoms with E-state index in [1.807, 2.05) is 25.1 Å². The maximum atomic E-state index is 11.2. The van der Waals surface area contributed by atoms with Crippen LogP contribution < -0.4 is 5.73 Å². The second-order valence-electron chi connectivity index (χ2n) is 5.51. The molecule has 3 N–H and O–H groups in total. The number of hydrogen-bond acceptors (Lipinski definition) is 3. The fourth-order valence-electron chi connectivity index (χ4n) is 2.90. The molecule has 1 aliphatic rings. The van der Waals surface area contributed by atoms with Gasteiger partial charge in [-0.3, -0.25) is 4.79 Å². The standard InChI is InChI=1S/C15H22N2O2/c1-17(2)14(13(16)15(18)19)12-8-7-10-5-3-4-6-11(10)9-12/h7-9,13-14H,3-6,16H2,1-2H3,(H,18,19). The van der Waals surface area contributed by atoms with Crippen LogP contribution in [0, 0.1) is 0 Å². The van der Waals surface area contributed by atoms with Crippen molar-refractivity contribution in [3.05, 3.63) is 34.9 Å². The molecule has 4 heteroatoms. The van der Waals surface area contributed by atoms with Crippen LogP contribution in [0.15, 0.2) is 18.2 Å². The van der Waals surface area contributed by atoms with E-state index in [-0.39, 0.29) is 6.04 Å². The molecule has 104 valence electrons. The van der Waals surface area contributed by atoms with Crippen LogP contribution in [0.3, 0.4) is 0 Å². The summed E-state index contributed by atoms with van der Waals surface area (Å²) in [6.07, 6.45) is 4.69. The zero-order valence-electron chi connectivity index (χ0n) is 11.6. The lowest BCUT2D eigenvalue weighted by Crippen LogP contribution is -2.43. The van der Waals surface area contributed by atoms with Crippen LogP contribution in [0.2, 0.25) is 0 Å². The van der Waals surface area contributed by atoms with Gasteiger partial charge in [-0.25, -0.2) is 0 Å². The van der Waals surface area contributed by atoms with Gasteiger partial charge in [0, 0.05) is 0 Å². The molecule has 0 saturated heterocycles. The number of carboxylic acid groups (broad SMARTS) is 1. The van der Waals surface area contributed by atoms with Crippen molar-refractivity contribution in [1.29, 1.82) is 0 Å². The maximum Gasteiger partial charge on any atom is 0.322 e. The van der Waals surface area contributed by atoms with Gasteiger partial charge in [0.2, 0.25) is 0 Å². The summed E-state index contributed by atoms with van der Waals surface area (Å²) in [7, 11) is 3.74. The molecule has 0 saturated carbocycles. The molecule has 0 bridgehead atoms. The molecule has 2 rings (SSSR count). The molecule has 19 heavy (non-hydrogen) atoms. The number of aryl methyl sites for hydroxylation is 2. The van der Waals surface area contributed by atoms with Gasteiger partial charge in [-0.2, -0.15) is 0 Å². The lowest BCUT2D eigenvalue weighted by atomic mass is 9.87. The SMILES string of the molecule is CN(C)C(c1ccc2c(c1)CCCC2)C(N)C(=O)O. The van der Waals surface area contributed by atoms with E-state index in [2.05, 4.69) is 12.1 Å². The quantitative estimate of drug-likeness (QED) is 0.864. The molecule has 4 nitrogen and oxygen atoms in total. The molecule has 2 unspecified atom stereocenters. The maximum absolute atomic E-state index is 11.2. The van der Waals surface area contributed by atoms with Gasteiger partial charge in [-0.1, -0.05) is 18.2 Å². The monoisotopic (exact) mass is 262 g/mol. The molecule has 1 aromatic carbocycles. The Morgan fingerprint density at radius 3 is 2.47 bits per heavy atom. The Hall–Kier alpha value is -1.39. The molecule has 2 atom stereocenters. The Morgan fingerprint density at radius 2 is 1.89 bits per heavy atom. The van der Waals surface area contributed by atoms with Crippen LogP contribution in [0.4, 0.5) is 0 Å². The molecule has 0 fully saturated rings. The second-order valence-corrected chi connectivity index (χ2v) is 5.51. The summed E-state index contributed by atoms with van der Waals surface area (Å²) >= 11 is 0. The van der Waals surface area contributed by atoms with Gasteiger partial charge in [0.25, 0.3) is 0 Å².